The van der Waals surface area contributed by atoms with E-state index in [4.69, 9.17) is 12.0 Å². The van der Waals surface area contributed by atoms with E-state index in [9.17, 15) is 9.90 Å². The predicted octanol–water partition coefficient (Wildman–Crippen LogP) is 4.96. The number of allylic oxidation sites excluding steroid dienone is 8. The summed E-state index contributed by atoms with van der Waals surface area (Å²) < 4.78 is 36.1. The molecule has 0 aliphatic heterocycles. The number of aliphatic carboxylic acids is 1. The minimum absolute atomic E-state index is 0.138. The molecule has 3 heteroatoms. The molecule has 2 N–H and O–H groups in total. The van der Waals surface area contributed by atoms with Crippen molar-refractivity contribution < 1.29 is 21.9 Å². The van der Waals surface area contributed by atoms with E-state index in [0.717, 1.165) is 25.3 Å². The minimum atomic E-state index is -2.73. The highest BCUT2D eigenvalue weighted by atomic mass is 16.4. The van der Waals surface area contributed by atoms with Crippen LogP contribution in [0, 0.1) is 0 Å². The summed E-state index contributed by atoms with van der Waals surface area (Å²) in [5.74, 6) is -0.769. The van der Waals surface area contributed by atoms with Crippen molar-refractivity contribution in [3.05, 3.63) is 60.8 Å². The topological polar surface area (TPSA) is 57.5 Å². The van der Waals surface area contributed by atoms with Crippen molar-refractivity contribution >= 4 is 5.97 Å². The minimum Gasteiger partial charge on any atom is -0.481 e. The zero-order valence-electron chi connectivity index (χ0n) is 18.4. The molecule has 1 atom stereocenters. The van der Waals surface area contributed by atoms with Crippen molar-refractivity contribution in [1.29, 1.82) is 0 Å². The van der Waals surface area contributed by atoms with Gasteiger partial charge in [0, 0.05) is 13.3 Å². The van der Waals surface area contributed by atoms with Crippen LogP contribution in [0.15, 0.2) is 60.8 Å². The highest BCUT2D eigenvalue weighted by molar-refractivity contribution is 5.66. The lowest BCUT2D eigenvalue weighted by molar-refractivity contribution is -0.137. The fourth-order valence-electron chi connectivity index (χ4n) is 1.63. The second kappa shape index (κ2) is 16.5. The van der Waals surface area contributed by atoms with Crippen LogP contribution in [0.5, 0.6) is 0 Å². The largest absolute Gasteiger partial charge is 0.481 e. The molecule has 0 saturated heterocycles. The summed E-state index contributed by atoms with van der Waals surface area (Å²) in [6.45, 7) is -2.73. The van der Waals surface area contributed by atoms with Crippen LogP contribution >= 0.6 is 0 Å². The van der Waals surface area contributed by atoms with Crippen LogP contribution in [0.2, 0.25) is 0 Å². The smallest absolute Gasteiger partial charge is 0.303 e. The maximum absolute atomic E-state index is 10.3. The van der Waals surface area contributed by atoms with Gasteiger partial charge in [0.2, 0.25) is 0 Å². The van der Waals surface area contributed by atoms with Crippen LogP contribution in [0.25, 0.3) is 0 Å². The molecule has 3 nitrogen and oxygen atoms in total. The van der Waals surface area contributed by atoms with Crippen LogP contribution in [0.3, 0.4) is 0 Å². The van der Waals surface area contributed by atoms with Crippen LogP contribution in [-0.4, -0.2) is 22.3 Å². The molecule has 0 unspecified atom stereocenters. The van der Waals surface area contributed by atoms with E-state index in [2.05, 4.69) is 0 Å². The number of hydrogen-bond acceptors (Lipinski definition) is 2. The predicted molar refractivity (Wildman–Crippen MR) is 97.3 cm³/mol. The Morgan fingerprint density at radius 2 is 1.83 bits per heavy atom. The number of carboxylic acids is 1. The highest BCUT2D eigenvalue weighted by Crippen LogP contribution is 1.99. The van der Waals surface area contributed by atoms with E-state index in [0.29, 0.717) is 6.42 Å². The molecular weight excluding hydrogens is 288 g/mol. The SMILES string of the molecule is [2H]C([2H])([2H])C([2H])([2H])/C=C\C[C@H](O)/C=C/C=C\C/C=C\C/C=C\CCCC(=O)O. The molecule has 0 fully saturated rings. The number of carboxylic acid groups (broad SMARTS) is 1. The number of unbranched alkanes of at least 4 members (excludes halogenated alkanes) is 1. The van der Waals surface area contributed by atoms with Gasteiger partial charge < -0.3 is 10.2 Å². The van der Waals surface area contributed by atoms with Gasteiger partial charge in [-0.2, -0.15) is 0 Å². The lowest BCUT2D eigenvalue weighted by Gasteiger charge is -1.98. The normalized spacial score (nSPS) is 18.6. The standard InChI is InChI=1S/C20H30O3/c1-2-3-13-16-19(21)17-14-11-9-7-5-4-6-8-10-12-15-18-20(22)23/h3-5,8-11,13-14,17,19,21H,2,6-7,12,15-16,18H2,1H3,(H,22,23)/b5-4-,10-8-,11-9-,13-3-,17-14+/t19-/m0/s1/i1D3,2D2. The molecule has 0 aromatic heterocycles. The van der Waals surface area contributed by atoms with Crippen LogP contribution in [0.4, 0.5) is 0 Å². The molecule has 128 valence electrons. The first-order chi connectivity index (χ1) is 13.1. The Morgan fingerprint density at radius 3 is 2.57 bits per heavy atom. The second-order valence-electron chi connectivity index (χ2n) is 4.86. The number of hydrogen-bond donors (Lipinski definition) is 2. The Bertz CT molecular complexity index is 587. The van der Waals surface area contributed by atoms with E-state index < -0.39 is 25.3 Å². The molecule has 0 radical (unpaired) electrons. The van der Waals surface area contributed by atoms with Gasteiger partial charge in [-0.3, -0.25) is 4.79 Å². The lowest BCUT2D eigenvalue weighted by Crippen LogP contribution is -1.98. The molecule has 0 aromatic carbocycles. The molecule has 0 bridgehead atoms. The Morgan fingerprint density at radius 1 is 1.09 bits per heavy atom. The van der Waals surface area contributed by atoms with E-state index >= 15 is 0 Å². The van der Waals surface area contributed by atoms with Gasteiger partial charge in [-0.15, -0.1) is 0 Å². The summed E-state index contributed by atoms with van der Waals surface area (Å²) in [6.07, 6.45) is 17.3. The second-order valence-corrected chi connectivity index (χ2v) is 4.86. The quantitative estimate of drug-likeness (QED) is 0.286. The lowest BCUT2D eigenvalue weighted by atomic mass is 10.2. The summed E-state index contributed by atoms with van der Waals surface area (Å²) >= 11 is 0. The molecule has 0 heterocycles. The summed E-state index contributed by atoms with van der Waals surface area (Å²) in [5.41, 5.74) is 0. The van der Waals surface area contributed by atoms with Gasteiger partial charge in [-0.1, -0.05) is 67.6 Å². The third-order valence-electron chi connectivity index (χ3n) is 2.80. The Labute approximate surface area is 147 Å². The molecule has 0 saturated carbocycles. The van der Waals surface area contributed by atoms with Crippen molar-refractivity contribution in [2.75, 3.05) is 0 Å². The van der Waals surface area contributed by atoms with Crippen molar-refractivity contribution in [2.45, 2.75) is 57.9 Å². The van der Waals surface area contributed by atoms with E-state index in [1.807, 2.05) is 30.4 Å². The molecule has 0 aromatic rings. The fourth-order valence-corrected chi connectivity index (χ4v) is 1.63. The molecule has 0 aliphatic carbocycles. The Hall–Kier alpha value is -1.87. The molecule has 23 heavy (non-hydrogen) atoms. The van der Waals surface area contributed by atoms with Gasteiger partial charge in [-0.25, -0.2) is 0 Å². The van der Waals surface area contributed by atoms with Gasteiger partial charge in [-0.05, 0) is 38.5 Å². The van der Waals surface area contributed by atoms with E-state index in [-0.39, 0.29) is 12.8 Å². The zero-order chi connectivity index (χ0) is 21.5. The van der Waals surface area contributed by atoms with Crippen molar-refractivity contribution in [3.8, 4) is 0 Å². The maximum atomic E-state index is 10.3. The maximum Gasteiger partial charge on any atom is 0.303 e. The fraction of sp³-hybridized carbons (Fsp3) is 0.450. The number of carbonyl (C=O) groups is 1. The van der Waals surface area contributed by atoms with Gasteiger partial charge in [0.1, 0.15) is 0 Å². The van der Waals surface area contributed by atoms with Gasteiger partial charge in [0.25, 0.3) is 0 Å². The first kappa shape index (κ1) is 13.6. The van der Waals surface area contributed by atoms with Crippen LogP contribution < -0.4 is 0 Å². The molecule has 0 amide bonds. The van der Waals surface area contributed by atoms with Crippen molar-refractivity contribution in [1.82, 2.24) is 0 Å². The van der Waals surface area contributed by atoms with Gasteiger partial charge in [0.15, 0.2) is 0 Å². The first-order valence-corrected chi connectivity index (χ1v) is 7.77. The Balaban J connectivity index is 3.96. The Kier molecular flexibility index (Phi) is 9.73. The third kappa shape index (κ3) is 18.1. The third-order valence-corrected chi connectivity index (χ3v) is 2.80. The van der Waals surface area contributed by atoms with Crippen molar-refractivity contribution in [2.24, 2.45) is 0 Å². The molecule has 0 rings (SSSR count). The molecular formula is C20H30O3. The summed E-state index contributed by atoms with van der Waals surface area (Å²) in [7, 11) is 0. The molecule has 0 spiro atoms. The summed E-state index contributed by atoms with van der Waals surface area (Å²) in [4.78, 5) is 10.3. The number of aliphatic hydroxyl groups is 1. The van der Waals surface area contributed by atoms with Gasteiger partial charge >= 0.3 is 5.97 Å². The first-order valence-electron chi connectivity index (χ1n) is 10.3. The van der Waals surface area contributed by atoms with Gasteiger partial charge in [0.05, 0.1) is 6.10 Å². The highest BCUT2D eigenvalue weighted by Gasteiger charge is 1.93. The molecule has 0 aliphatic rings. The average molecular weight is 323 g/mol. The summed E-state index contributed by atoms with van der Waals surface area (Å²) in [6, 6.07) is 0. The number of rotatable bonds is 13. The zero-order valence-corrected chi connectivity index (χ0v) is 13.4. The van der Waals surface area contributed by atoms with Crippen molar-refractivity contribution in [3.63, 3.8) is 0 Å². The van der Waals surface area contributed by atoms with E-state index in [1.54, 1.807) is 18.2 Å². The van der Waals surface area contributed by atoms with Crippen LogP contribution in [0.1, 0.15) is 58.6 Å². The van der Waals surface area contributed by atoms with Crippen LogP contribution in [-0.2, 0) is 4.79 Å². The average Bonchev–Trinajstić information content (AvgIpc) is 2.57. The van der Waals surface area contributed by atoms with E-state index in [1.165, 1.54) is 6.08 Å². The monoisotopic (exact) mass is 323 g/mol. The number of aliphatic hydroxyl groups excluding tert-OH is 1. The summed E-state index contributed by atoms with van der Waals surface area (Å²) in [5, 5.41) is 18.3.